The van der Waals surface area contributed by atoms with E-state index in [-0.39, 0.29) is 22.2 Å². The van der Waals surface area contributed by atoms with Crippen LogP contribution < -0.4 is 0 Å². The van der Waals surface area contributed by atoms with Crippen LogP contribution in [0.25, 0.3) is 11.1 Å². The maximum Gasteiger partial charge on any atom is 0.417 e. The first-order valence-corrected chi connectivity index (χ1v) is 6.38. The summed E-state index contributed by atoms with van der Waals surface area (Å²) < 4.78 is 39.1. The van der Waals surface area contributed by atoms with Crippen molar-refractivity contribution in [2.75, 3.05) is 0 Å². The Morgan fingerprint density at radius 3 is 2.30 bits per heavy atom. The first kappa shape index (κ1) is 14.8. The van der Waals surface area contributed by atoms with E-state index in [1.165, 1.54) is 18.2 Å². The second kappa shape index (κ2) is 5.40. The van der Waals surface area contributed by atoms with E-state index in [0.717, 1.165) is 6.07 Å². The molecule has 106 valence electrons. The maximum atomic E-state index is 13.0. The van der Waals surface area contributed by atoms with E-state index in [4.69, 9.17) is 11.6 Å². The predicted molar refractivity (Wildman–Crippen MR) is 71.6 cm³/mol. The van der Waals surface area contributed by atoms with Gasteiger partial charge in [0.15, 0.2) is 5.15 Å². The Morgan fingerprint density at radius 2 is 1.70 bits per heavy atom. The van der Waals surface area contributed by atoms with Gasteiger partial charge in [-0.2, -0.15) is 18.3 Å². The van der Waals surface area contributed by atoms with E-state index >= 15 is 0 Å². The highest BCUT2D eigenvalue weighted by atomic mass is 35.5. The fourth-order valence-corrected chi connectivity index (χ4v) is 2.02. The standard InChI is InChI=1S/C14H12ClF3N2/c1-8(2)12-7-10(13(15)20-19-12)9-5-3-4-6-11(9)14(16,17)18/h3-8H,1-2H3. The number of hydrogen-bond donors (Lipinski definition) is 0. The zero-order valence-electron chi connectivity index (χ0n) is 10.9. The van der Waals surface area contributed by atoms with Crippen LogP contribution in [0.2, 0.25) is 5.15 Å². The number of rotatable bonds is 2. The van der Waals surface area contributed by atoms with E-state index in [1.807, 2.05) is 13.8 Å². The van der Waals surface area contributed by atoms with Crippen molar-refractivity contribution in [3.05, 3.63) is 46.7 Å². The van der Waals surface area contributed by atoms with Crippen LogP contribution in [0.15, 0.2) is 30.3 Å². The van der Waals surface area contributed by atoms with Crippen LogP contribution >= 0.6 is 11.6 Å². The summed E-state index contributed by atoms with van der Waals surface area (Å²) in [4.78, 5) is 0. The topological polar surface area (TPSA) is 25.8 Å². The second-order valence-corrected chi connectivity index (χ2v) is 5.03. The van der Waals surface area contributed by atoms with E-state index in [2.05, 4.69) is 10.2 Å². The third kappa shape index (κ3) is 2.93. The smallest absolute Gasteiger partial charge is 0.166 e. The average Bonchev–Trinajstić information content (AvgIpc) is 2.38. The lowest BCUT2D eigenvalue weighted by Crippen LogP contribution is -2.08. The largest absolute Gasteiger partial charge is 0.417 e. The minimum absolute atomic E-state index is 0.0156. The van der Waals surface area contributed by atoms with Gasteiger partial charge in [-0.3, -0.25) is 0 Å². The number of halogens is 4. The van der Waals surface area contributed by atoms with Gasteiger partial charge in [-0.25, -0.2) is 0 Å². The molecule has 2 nitrogen and oxygen atoms in total. The molecule has 0 amide bonds. The van der Waals surface area contributed by atoms with Crippen molar-refractivity contribution in [2.45, 2.75) is 25.9 Å². The van der Waals surface area contributed by atoms with E-state index < -0.39 is 11.7 Å². The van der Waals surface area contributed by atoms with Gasteiger partial charge in [-0.1, -0.05) is 43.6 Å². The number of alkyl halides is 3. The predicted octanol–water partition coefficient (Wildman–Crippen LogP) is 4.94. The van der Waals surface area contributed by atoms with Gasteiger partial charge in [0.25, 0.3) is 0 Å². The molecule has 0 radical (unpaired) electrons. The highest BCUT2D eigenvalue weighted by molar-refractivity contribution is 6.32. The third-order valence-corrected chi connectivity index (χ3v) is 3.16. The number of hydrogen-bond acceptors (Lipinski definition) is 2. The van der Waals surface area contributed by atoms with E-state index in [0.29, 0.717) is 5.69 Å². The molecule has 0 N–H and O–H groups in total. The van der Waals surface area contributed by atoms with Gasteiger partial charge in [0.2, 0.25) is 0 Å². The molecule has 6 heteroatoms. The third-order valence-electron chi connectivity index (χ3n) is 2.88. The van der Waals surface area contributed by atoms with Gasteiger partial charge in [-0.05, 0) is 23.6 Å². The normalized spacial score (nSPS) is 11.9. The van der Waals surface area contributed by atoms with Crippen molar-refractivity contribution in [1.29, 1.82) is 0 Å². The highest BCUT2D eigenvalue weighted by Gasteiger charge is 2.34. The Balaban J connectivity index is 2.66. The van der Waals surface area contributed by atoms with Crippen molar-refractivity contribution in [1.82, 2.24) is 10.2 Å². The number of benzene rings is 1. The molecule has 0 saturated carbocycles. The molecule has 0 spiro atoms. The van der Waals surface area contributed by atoms with Crippen molar-refractivity contribution >= 4 is 11.6 Å². The Hall–Kier alpha value is -1.62. The Labute approximate surface area is 119 Å². The lowest BCUT2D eigenvalue weighted by molar-refractivity contribution is -0.137. The van der Waals surface area contributed by atoms with Crippen LogP contribution in [0.1, 0.15) is 31.0 Å². The van der Waals surface area contributed by atoms with E-state index in [1.54, 1.807) is 6.07 Å². The van der Waals surface area contributed by atoms with Crippen LogP contribution in [0, 0.1) is 0 Å². The van der Waals surface area contributed by atoms with Gasteiger partial charge < -0.3 is 0 Å². The summed E-state index contributed by atoms with van der Waals surface area (Å²) in [5.74, 6) is 0.0524. The second-order valence-electron chi connectivity index (χ2n) is 4.67. The fourth-order valence-electron chi connectivity index (χ4n) is 1.83. The molecule has 2 aromatic rings. The van der Waals surface area contributed by atoms with Gasteiger partial charge in [0.05, 0.1) is 11.3 Å². The van der Waals surface area contributed by atoms with Gasteiger partial charge in [-0.15, -0.1) is 5.10 Å². The molecule has 1 heterocycles. The van der Waals surface area contributed by atoms with Crippen LogP contribution in [0.5, 0.6) is 0 Å². The highest BCUT2D eigenvalue weighted by Crippen LogP contribution is 2.39. The summed E-state index contributed by atoms with van der Waals surface area (Å²) in [6.45, 7) is 3.77. The minimum atomic E-state index is -4.44. The average molecular weight is 301 g/mol. The van der Waals surface area contributed by atoms with E-state index in [9.17, 15) is 13.2 Å². The summed E-state index contributed by atoms with van der Waals surface area (Å²) >= 11 is 5.92. The van der Waals surface area contributed by atoms with Crippen LogP contribution in [-0.4, -0.2) is 10.2 Å². The van der Waals surface area contributed by atoms with Crippen LogP contribution in [-0.2, 0) is 6.18 Å². The van der Waals surface area contributed by atoms with Crippen molar-refractivity contribution in [3.8, 4) is 11.1 Å². The summed E-state index contributed by atoms with van der Waals surface area (Å²) in [5.41, 5.74) is 0.131. The summed E-state index contributed by atoms with van der Waals surface area (Å²) in [6.07, 6.45) is -4.44. The summed E-state index contributed by atoms with van der Waals surface area (Å²) in [6, 6.07) is 6.86. The van der Waals surface area contributed by atoms with Crippen molar-refractivity contribution in [2.24, 2.45) is 0 Å². The lowest BCUT2D eigenvalue weighted by Gasteiger charge is -2.14. The first-order valence-electron chi connectivity index (χ1n) is 6.00. The molecule has 0 bridgehead atoms. The molecule has 0 fully saturated rings. The minimum Gasteiger partial charge on any atom is -0.166 e. The molecular formula is C14H12ClF3N2. The number of nitrogens with zero attached hydrogens (tertiary/aromatic N) is 2. The molecule has 1 aromatic carbocycles. The molecule has 20 heavy (non-hydrogen) atoms. The fraction of sp³-hybridized carbons (Fsp3) is 0.286. The van der Waals surface area contributed by atoms with Crippen molar-refractivity contribution in [3.63, 3.8) is 0 Å². The Bertz CT molecular complexity index is 624. The lowest BCUT2D eigenvalue weighted by atomic mass is 9.99. The van der Waals surface area contributed by atoms with Gasteiger partial charge in [0, 0.05) is 5.56 Å². The maximum absolute atomic E-state index is 13.0. The molecule has 0 aliphatic carbocycles. The first-order chi connectivity index (χ1) is 9.30. The molecule has 0 atom stereocenters. The molecule has 0 unspecified atom stereocenters. The zero-order chi connectivity index (χ0) is 14.9. The molecule has 2 rings (SSSR count). The number of aromatic nitrogens is 2. The molecular weight excluding hydrogens is 289 g/mol. The molecule has 0 aliphatic rings. The van der Waals surface area contributed by atoms with Gasteiger partial charge >= 0.3 is 6.18 Å². The SMILES string of the molecule is CC(C)c1cc(-c2ccccc2C(F)(F)F)c(Cl)nn1. The monoisotopic (exact) mass is 300 g/mol. The quantitative estimate of drug-likeness (QED) is 0.785. The molecule has 0 aliphatic heterocycles. The summed E-state index contributed by atoms with van der Waals surface area (Å²) in [5, 5.41) is 7.60. The summed E-state index contributed by atoms with van der Waals surface area (Å²) in [7, 11) is 0. The van der Waals surface area contributed by atoms with Crippen LogP contribution in [0.3, 0.4) is 0 Å². The Morgan fingerprint density at radius 1 is 1.05 bits per heavy atom. The Kier molecular flexibility index (Phi) is 3.99. The van der Waals surface area contributed by atoms with Crippen LogP contribution in [0.4, 0.5) is 13.2 Å². The van der Waals surface area contributed by atoms with Crippen molar-refractivity contribution < 1.29 is 13.2 Å². The molecule has 1 aromatic heterocycles. The molecule has 0 saturated heterocycles. The van der Waals surface area contributed by atoms with Gasteiger partial charge in [0.1, 0.15) is 0 Å². The zero-order valence-corrected chi connectivity index (χ0v) is 11.6.